The van der Waals surface area contributed by atoms with Gasteiger partial charge in [-0.25, -0.2) is 0 Å². The van der Waals surface area contributed by atoms with Gasteiger partial charge in [0.05, 0.1) is 11.4 Å². The molecule has 9 aromatic rings. The topological polar surface area (TPSA) is 49.1 Å². The van der Waals surface area contributed by atoms with Gasteiger partial charge in [0, 0.05) is 35.2 Å². The Hall–Kier alpha value is -7.49. The van der Waals surface area contributed by atoms with Crippen molar-refractivity contribution in [3.63, 3.8) is 0 Å². The van der Waals surface area contributed by atoms with Gasteiger partial charge >= 0.3 is 0 Å². The van der Waals surface area contributed by atoms with Crippen LogP contribution in [-0.2, 0) is 5.41 Å². The van der Waals surface area contributed by atoms with Crippen molar-refractivity contribution in [3.05, 3.63) is 228 Å². The van der Waals surface area contributed by atoms with Gasteiger partial charge in [0.25, 0.3) is 0 Å². The Kier molecular flexibility index (Phi) is 8.99. The molecule has 0 atom stereocenters. The van der Waals surface area contributed by atoms with Crippen LogP contribution in [0, 0.1) is 5.41 Å². The number of hydrogen-bond donors (Lipinski definition) is 1. The summed E-state index contributed by atoms with van der Waals surface area (Å²) in [4.78, 5) is 9.39. The Morgan fingerprint density at radius 3 is 2.03 bits per heavy atom. The number of fused-ring (bicyclic) bond motifs is 6. The molecule has 0 amide bonds. The largest absolute Gasteiger partial charge is 0.300 e. The minimum absolute atomic E-state index is 0.0653. The minimum Gasteiger partial charge on any atom is -0.300 e. The molecular formula is C56H41N3. The molecule has 0 radical (unpaired) electrons. The lowest BCUT2D eigenvalue weighted by Gasteiger charge is -2.21. The van der Waals surface area contributed by atoms with Crippen LogP contribution in [0.4, 0.5) is 0 Å². The maximum atomic E-state index is 8.96. The molecule has 0 unspecified atom stereocenters. The lowest BCUT2D eigenvalue weighted by Crippen LogP contribution is -2.14. The first-order chi connectivity index (χ1) is 28.9. The molecule has 1 aliphatic rings. The Balaban J connectivity index is 1.01. The maximum Gasteiger partial charge on any atom is 0.0723 e. The molecule has 3 nitrogen and oxygen atoms in total. The van der Waals surface area contributed by atoms with Crippen molar-refractivity contribution in [3.8, 4) is 44.5 Å². The van der Waals surface area contributed by atoms with Crippen LogP contribution in [0.3, 0.4) is 0 Å². The van der Waals surface area contributed by atoms with Crippen molar-refractivity contribution in [2.75, 3.05) is 0 Å². The van der Waals surface area contributed by atoms with Crippen LogP contribution in [0.2, 0.25) is 0 Å². The molecule has 1 aliphatic carbocycles. The van der Waals surface area contributed by atoms with E-state index in [2.05, 4.69) is 164 Å². The van der Waals surface area contributed by atoms with Crippen LogP contribution in [0.15, 0.2) is 205 Å². The van der Waals surface area contributed by atoms with E-state index in [1.54, 1.807) is 6.20 Å². The third kappa shape index (κ3) is 6.57. The Labute approximate surface area is 345 Å². The number of aromatic nitrogens is 1. The molecule has 0 bridgehead atoms. The zero-order valence-electron chi connectivity index (χ0n) is 33.0. The average Bonchev–Trinajstić information content (AvgIpc) is 3.53. The van der Waals surface area contributed by atoms with Gasteiger partial charge in [-0.15, -0.1) is 0 Å². The Morgan fingerprint density at radius 1 is 0.525 bits per heavy atom. The van der Waals surface area contributed by atoms with E-state index in [1.807, 2.05) is 54.9 Å². The zero-order chi connectivity index (χ0) is 39.9. The summed E-state index contributed by atoms with van der Waals surface area (Å²) in [6.45, 7) is 4.70. The second kappa shape index (κ2) is 14.8. The van der Waals surface area contributed by atoms with Gasteiger partial charge in [-0.1, -0.05) is 178 Å². The average molecular weight is 756 g/mol. The highest BCUT2D eigenvalue weighted by Crippen LogP contribution is 2.52. The van der Waals surface area contributed by atoms with Gasteiger partial charge in [0.15, 0.2) is 0 Å². The summed E-state index contributed by atoms with van der Waals surface area (Å²) in [5.74, 6) is 0. The molecule has 10 rings (SSSR count). The number of rotatable bonds is 8. The summed E-state index contributed by atoms with van der Waals surface area (Å²) in [5.41, 5.74) is 16.2. The summed E-state index contributed by atoms with van der Waals surface area (Å²) < 4.78 is 0. The number of aliphatic imine (C=N–C) groups is 1. The number of pyridine rings is 1. The number of nitrogens with one attached hydrogen (secondary N) is 1. The molecule has 0 fully saturated rings. The van der Waals surface area contributed by atoms with E-state index in [0.717, 1.165) is 38.6 Å². The molecule has 1 N–H and O–H groups in total. The van der Waals surface area contributed by atoms with E-state index < -0.39 is 0 Å². The van der Waals surface area contributed by atoms with Gasteiger partial charge in [0.1, 0.15) is 0 Å². The van der Waals surface area contributed by atoms with E-state index in [4.69, 9.17) is 10.4 Å². The molecule has 1 aromatic heterocycles. The molecule has 1 heterocycles. The van der Waals surface area contributed by atoms with E-state index in [9.17, 15) is 0 Å². The first kappa shape index (κ1) is 35.9. The summed E-state index contributed by atoms with van der Waals surface area (Å²) in [6.07, 6.45) is 7.45. The van der Waals surface area contributed by atoms with Gasteiger partial charge in [-0.3, -0.25) is 9.98 Å². The van der Waals surface area contributed by atoms with E-state index in [1.165, 1.54) is 55.3 Å². The molecule has 0 saturated carbocycles. The SMILES string of the molecule is CC1(C)c2ccc(-c3cccc(-c4ccc(C=N/C(=C\C(=N)c5ccccc5)c5ccc(-c6cccnc6)cc5)c5ccccc45)c3)cc2-c2c1ccc1ccccc21. The fourth-order valence-corrected chi connectivity index (χ4v) is 8.80. The Bertz CT molecular complexity index is 3120. The first-order valence-corrected chi connectivity index (χ1v) is 20.1. The van der Waals surface area contributed by atoms with E-state index in [-0.39, 0.29) is 5.41 Å². The van der Waals surface area contributed by atoms with Gasteiger partial charge in [-0.2, -0.15) is 0 Å². The van der Waals surface area contributed by atoms with E-state index >= 15 is 0 Å². The lowest BCUT2D eigenvalue weighted by atomic mass is 9.82. The quantitative estimate of drug-likeness (QED) is 0.154. The normalized spacial score (nSPS) is 13.2. The Morgan fingerprint density at radius 2 is 1.22 bits per heavy atom. The second-order valence-electron chi connectivity index (χ2n) is 15.8. The monoisotopic (exact) mass is 755 g/mol. The van der Waals surface area contributed by atoms with Crippen molar-refractivity contribution in [2.24, 2.45) is 4.99 Å². The maximum absolute atomic E-state index is 8.96. The molecule has 280 valence electrons. The van der Waals surface area contributed by atoms with E-state index in [0.29, 0.717) is 11.4 Å². The van der Waals surface area contributed by atoms with Crippen molar-refractivity contribution in [2.45, 2.75) is 19.3 Å². The predicted molar refractivity (Wildman–Crippen MR) is 248 cm³/mol. The van der Waals surface area contributed by atoms with Crippen molar-refractivity contribution in [1.82, 2.24) is 4.98 Å². The molecule has 3 heteroatoms. The highest BCUT2D eigenvalue weighted by molar-refractivity contribution is 6.12. The fraction of sp³-hybridized carbons (Fsp3) is 0.0536. The molecule has 0 spiro atoms. The fourth-order valence-electron chi connectivity index (χ4n) is 8.80. The highest BCUT2D eigenvalue weighted by Gasteiger charge is 2.36. The van der Waals surface area contributed by atoms with Gasteiger partial charge in [-0.05, 0) is 107 Å². The number of hydrogen-bond acceptors (Lipinski definition) is 3. The molecular weight excluding hydrogens is 715 g/mol. The van der Waals surface area contributed by atoms with Gasteiger partial charge < -0.3 is 5.41 Å². The summed E-state index contributed by atoms with van der Waals surface area (Å²) in [7, 11) is 0. The van der Waals surface area contributed by atoms with Crippen LogP contribution < -0.4 is 0 Å². The molecule has 0 saturated heterocycles. The van der Waals surface area contributed by atoms with Crippen LogP contribution in [0.5, 0.6) is 0 Å². The molecule has 8 aromatic carbocycles. The van der Waals surface area contributed by atoms with Crippen LogP contribution in [0.25, 0.3) is 71.7 Å². The summed E-state index contributed by atoms with van der Waals surface area (Å²) in [6, 6.07) is 64.4. The van der Waals surface area contributed by atoms with Crippen molar-refractivity contribution >= 4 is 39.2 Å². The number of benzene rings is 8. The standard InChI is InChI=1S/C56H41N3/c1-56(2)51-29-27-42(33-50(51)55-48-19-7-6-12-38(48)26-30-52(55)56)41-15-10-16-43(32-41)47-28-25-45(46-18-8-9-20-49(46)47)36-59-54(34-53(57)39-13-4-3-5-14-39)40-23-21-37(22-24-40)44-17-11-31-58-35-44/h3-36,57H,1-2H3/b54-34-,57-53?,59-36?. The smallest absolute Gasteiger partial charge is 0.0723 e. The predicted octanol–water partition coefficient (Wildman–Crippen LogP) is 14.2. The summed E-state index contributed by atoms with van der Waals surface area (Å²) in [5, 5.41) is 13.8. The van der Waals surface area contributed by atoms with Crippen LogP contribution in [-0.4, -0.2) is 16.9 Å². The van der Waals surface area contributed by atoms with Crippen LogP contribution >= 0.6 is 0 Å². The third-order valence-electron chi connectivity index (χ3n) is 11.9. The zero-order valence-corrected chi connectivity index (χ0v) is 33.0. The third-order valence-corrected chi connectivity index (χ3v) is 11.9. The first-order valence-electron chi connectivity index (χ1n) is 20.1. The van der Waals surface area contributed by atoms with Gasteiger partial charge in [0.2, 0.25) is 0 Å². The summed E-state index contributed by atoms with van der Waals surface area (Å²) >= 11 is 0. The number of nitrogens with zero attached hydrogens (tertiary/aromatic N) is 2. The van der Waals surface area contributed by atoms with Crippen molar-refractivity contribution in [1.29, 1.82) is 5.41 Å². The highest BCUT2D eigenvalue weighted by atomic mass is 14.7. The molecule has 0 aliphatic heterocycles. The minimum atomic E-state index is -0.0653. The van der Waals surface area contributed by atoms with Crippen LogP contribution in [0.1, 0.15) is 41.7 Å². The lowest BCUT2D eigenvalue weighted by molar-refractivity contribution is 0.661. The molecule has 59 heavy (non-hydrogen) atoms. The number of allylic oxidation sites excluding steroid dienone is 1. The van der Waals surface area contributed by atoms with Crippen molar-refractivity contribution < 1.29 is 0 Å². The second-order valence-corrected chi connectivity index (χ2v) is 15.8.